The fourth-order valence-corrected chi connectivity index (χ4v) is 9.51. The van der Waals surface area contributed by atoms with Gasteiger partial charge >= 0.3 is 23.9 Å². The number of benzene rings is 2. The molecule has 2 aromatic carbocycles. The number of hydrogen-bond donors (Lipinski definition) is 3. The summed E-state index contributed by atoms with van der Waals surface area (Å²) in [4.78, 5) is 52.8. The zero-order chi connectivity index (χ0) is 36.6. The van der Waals surface area contributed by atoms with Crippen LogP contribution < -0.4 is 0 Å². The van der Waals surface area contributed by atoms with E-state index in [2.05, 4.69) is 6.58 Å². The van der Waals surface area contributed by atoms with Crippen LogP contribution in [0.15, 0.2) is 72.8 Å². The van der Waals surface area contributed by atoms with Crippen molar-refractivity contribution in [3.05, 3.63) is 83.9 Å². The van der Waals surface area contributed by atoms with Crippen molar-refractivity contribution in [1.29, 1.82) is 0 Å². The summed E-state index contributed by atoms with van der Waals surface area (Å²) < 4.78 is 30.9. The van der Waals surface area contributed by atoms with Crippen LogP contribution in [0.2, 0.25) is 0 Å². The molecule has 268 valence electrons. The van der Waals surface area contributed by atoms with Gasteiger partial charge in [-0.1, -0.05) is 56.8 Å². The van der Waals surface area contributed by atoms with Crippen molar-refractivity contribution in [1.82, 2.24) is 0 Å². The molecule has 2 bridgehead atoms. The number of esters is 4. The average Bonchev–Trinajstić information content (AvgIpc) is 3.30. The van der Waals surface area contributed by atoms with Gasteiger partial charge in [0.2, 0.25) is 0 Å². The summed E-state index contributed by atoms with van der Waals surface area (Å²) in [5, 5.41) is 38.3. The number of aliphatic hydroxyl groups is 3. The van der Waals surface area contributed by atoms with E-state index in [-0.39, 0.29) is 23.1 Å². The number of carbonyl (C=O) groups excluding carboxylic acids is 4. The van der Waals surface area contributed by atoms with Crippen LogP contribution in [0.25, 0.3) is 0 Å². The number of ether oxygens (including phenoxy) is 5. The molecule has 2 aromatic rings. The Balaban J connectivity index is 1.57. The molecule has 12 heteroatoms. The summed E-state index contributed by atoms with van der Waals surface area (Å²) >= 11 is 0. The van der Waals surface area contributed by atoms with Gasteiger partial charge in [-0.05, 0) is 56.0 Å². The molecule has 0 aromatic heterocycles. The second kappa shape index (κ2) is 12.3. The Morgan fingerprint density at radius 3 is 1.78 bits per heavy atom. The third-order valence-corrected chi connectivity index (χ3v) is 11.6. The first-order valence-electron chi connectivity index (χ1n) is 16.8. The molecule has 0 unspecified atom stereocenters. The minimum absolute atomic E-state index is 0.0216. The van der Waals surface area contributed by atoms with Gasteiger partial charge in [0.15, 0.2) is 11.7 Å². The van der Waals surface area contributed by atoms with Crippen LogP contribution in [0, 0.1) is 23.7 Å². The first-order chi connectivity index (χ1) is 23.4. The summed E-state index contributed by atoms with van der Waals surface area (Å²) in [6.45, 7) is 12.7. The van der Waals surface area contributed by atoms with E-state index in [0.29, 0.717) is 0 Å². The van der Waals surface area contributed by atoms with Crippen LogP contribution in [-0.4, -0.2) is 92.1 Å². The average molecular weight is 693 g/mol. The Kier molecular flexibility index (Phi) is 8.78. The summed E-state index contributed by atoms with van der Waals surface area (Å²) in [5.41, 5.74) is -7.60. The van der Waals surface area contributed by atoms with E-state index in [4.69, 9.17) is 23.7 Å². The molecule has 1 spiro atoms. The second-order valence-electron chi connectivity index (χ2n) is 14.6. The first-order valence-corrected chi connectivity index (χ1v) is 16.8. The van der Waals surface area contributed by atoms with Gasteiger partial charge in [-0.25, -0.2) is 9.59 Å². The van der Waals surface area contributed by atoms with Crippen molar-refractivity contribution in [2.45, 2.75) is 101 Å². The van der Waals surface area contributed by atoms with Crippen molar-refractivity contribution in [2.75, 3.05) is 0 Å². The van der Waals surface area contributed by atoms with Crippen molar-refractivity contribution in [2.24, 2.45) is 23.7 Å². The summed E-state index contributed by atoms with van der Waals surface area (Å²) in [6, 6.07) is 16.2. The Morgan fingerprint density at radius 2 is 1.28 bits per heavy atom. The highest BCUT2D eigenvalue weighted by Gasteiger charge is 2.88. The predicted octanol–water partition coefficient (Wildman–Crippen LogP) is 3.16. The SMILES string of the molecule is C=C(C)[C@@]1(O)[C@H](O)[C@@H]2[C@H](OC(C)=O)[C@@]3(C)O[C@@]4([C@@H]3OC(=O)c3ccccc3)[C@@H](OC(C)=O)[C@@H](C)C[C@H]4[C@@]2(O)[C@H](C)[C@@H]1OC(=O)c1ccccc1. The fraction of sp³-hybridized carbons (Fsp3) is 0.526. The van der Waals surface area contributed by atoms with Gasteiger partial charge in [-0.3, -0.25) is 9.59 Å². The standard InChI is InChI=1S/C38H44O12/c1-19(2)36(44)28(41)27-31(47-23(6)40)35(7)34(49-33(43)25-16-12-9-13-17-25)38(50-35)26(18-20(3)29(38)46-22(5)39)37(27,45)21(4)30(36)48-32(42)24-14-10-8-11-15-24/h8-17,20-21,26-31,34,41,44-45H,1,18H2,2-7H3/t20-,21+,26-,27+,28+,29-,30-,31-,34+,35+,36+,37-,38+/m0/s1. The molecule has 2 saturated carbocycles. The van der Waals surface area contributed by atoms with Gasteiger partial charge in [0.25, 0.3) is 0 Å². The van der Waals surface area contributed by atoms with Crippen molar-refractivity contribution >= 4 is 23.9 Å². The van der Waals surface area contributed by atoms with Crippen LogP contribution in [-0.2, 0) is 33.3 Å². The number of rotatable bonds is 7. The van der Waals surface area contributed by atoms with Gasteiger partial charge in [0, 0.05) is 25.7 Å². The lowest BCUT2D eigenvalue weighted by molar-refractivity contribution is -0.389. The first kappa shape index (κ1) is 35.7. The van der Waals surface area contributed by atoms with Crippen LogP contribution >= 0.6 is 0 Å². The van der Waals surface area contributed by atoms with Crippen molar-refractivity contribution < 1.29 is 58.2 Å². The molecular weight excluding hydrogens is 648 g/mol. The molecule has 12 nitrogen and oxygen atoms in total. The second-order valence-corrected chi connectivity index (χ2v) is 14.6. The smallest absolute Gasteiger partial charge is 0.338 e. The maximum absolute atomic E-state index is 13.8. The lowest BCUT2D eigenvalue weighted by atomic mass is 9.53. The van der Waals surface area contributed by atoms with Gasteiger partial charge in [-0.15, -0.1) is 0 Å². The lowest BCUT2D eigenvalue weighted by Gasteiger charge is -2.62. The third-order valence-electron chi connectivity index (χ3n) is 11.6. The van der Waals surface area contributed by atoms with Gasteiger partial charge < -0.3 is 39.0 Å². The zero-order valence-corrected chi connectivity index (χ0v) is 28.9. The zero-order valence-electron chi connectivity index (χ0n) is 28.9. The lowest BCUT2D eigenvalue weighted by Crippen LogP contribution is -2.80. The maximum Gasteiger partial charge on any atom is 0.338 e. The minimum atomic E-state index is -2.37. The number of hydrogen-bond acceptors (Lipinski definition) is 12. The number of aliphatic hydroxyl groups excluding tert-OH is 1. The van der Waals surface area contributed by atoms with Gasteiger partial charge in [-0.2, -0.15) is 0 Å². The van der Waals surface area contributed by atoms with Crippen molar-refractivity contribution in [3.8, 4) is 0 Å². The molecule has 2 saturated heterocycles. The van der Waals surface area contributed by atoms with E-state index in [9.17, 15) is 34.5 Å². The molecule has 0 amide bonds. The molecule has 13 atom stereocenters. The maximum atomic E-state index is 13.8. The van der Waals surface area contributed by atoms with E-state index >= 15 is 0 Å². The van der Waals surface area contributed by atoms with E-state index in [1.165, 1.54) is 32.9 Å². The highest BCUT2D eigenvalue weighted by molar-refractivity contribution is 5.90. The molecule has 2 heterocycles. The monoisotopic (exact) mass is 692 g/mol. The molecule has 6 rings (SSSR count). The van der Waals surface area contributed by atoms with E-state index < -0.39 is 100 Å². The number of carbonyl (C=O) groups is 4. The molecule has 2 aliphatic carbocycles. The predicted molar refractivity (Wildman–Crippen MR) is 175 cm³/mol. The molecule has 50 heavy (non-hydrogen) atoms. The molecule has 4 fully saturated rings. The van der Waals surface area contributed by atoms with E-state index in [1.807, 2.05) is 0 Å². The molecule has 3 N–H and O–H groups in total. The van der Waals surface area contributed by atoms with Crippen molar-refractivity contribution in [3.63, 3.8) is 0 Å². The van der Waals surface area contributed by atoms with Crippen LogP contribution in [0.4, 0.5) is 0 Å². The normalized spacial score (nSPS) is 41.3. The highest BCUT2D eigenvalue weighted by Crippen LogP contribution is 2.70. The fourth-order valence-electron chi connectivity index (χ4n) is 9.51. The van der Waals surface area contributed by atoms with Crippen LogP contribution in [0.5, 0.6) is 0 Å². The summed E-state index contributed by atoms with van der Waals surface area (Å²) in [7, 11) is 0. The summed E-state index contributed by atoms with van der Waals surface area (Å²) in [6.07, 6.45) is -7.35. The largest absolute Gasteiger partial charge is 0.459 e. The quantitative estimate of drug-likeness (QED) is 0.220. The molecule has 2 aliphatic heterocycles. The van der Waals surface area contributed by atoms with E-state index in [0.717, 1.165) is 6.92 Å². The number of fused-ring (bicyclic) bond motifs is 3. The molecular formula is C38H44O12. The topological polar surface area (TPSA) is 175 Å². The Hall–Kier alpha value is -4.10. The van der Waals surface area contributed by atoms with E-state index in [1.54, 1.807) is 62.4 Å². The third kappa shape index (κ3) is 4.94. The van der Waals surface area contributed by atoms with Crippen LogP contribution in [0.3, 0.4) is 0 Å². The summed E-state index contributed by atoms with van der Waals surface area (Å²) in [5.74, 6) is -7.29. The molecule has 0 radical (unpaired) electrons. The molecule has 4 aliphatic rings. The van der Waals surface area contributed by atoms with Gasteiger partial charge in [0.05, 0.1) is 28.7 Å². The minimum Gasteiger partial charge on any atom is -0.459 e. The van der Waals surface area contributed by atoms with Crippen LogP contribution in [0.1, 0.15) is 68.7 Å². The highest BCUT2D eigenvalue weighted by atomic mass is 16.7. The Morgan fingerprint density at radius 1 is 0.780 bits per heavy atom. The van der Waals surface area contributed by atoms with Gasteiger partial charge in [0.1, 0.15) is 29.5 Å². The Labute approximate surface area is 290 Å². The Bertz CT molecular complexity index is 1700.